The number of rotatable bonds is 4. The Hall–Kier alpha value is -1.50. The zero-order valence-electron chi connectivity index (χ0n) is 13.0. The normalized spacial score (nSPS) is 17.3. The Bertz CT molecular complexity index is 638. The van der Waals surface area contributed by atoms with E-state index in [1.165, 1.54) is 0 Å². The lowest BCUT2D eigenvalue weighted by atomic mass is 9.99. The minimum atomic E-state index is 0. The van der Waals surface area contributed by atoms with Crippen molar-refractivity contribution in [1.82, 2.24) is 14.9 Å². The van der Waals surface area contributed by atoms with Crippen LogP contribution in [0.15, 0.2) is 46.7 Å². The first-order valence-electron chi connectivity index (χ1n) is 7.49. The molecule has 2 aromatic rings. The lowest BCUT2D eigenvalue weighted by molar-refractivity contribution is -0.120. The SMILES string of the molecule is Cl.Cn1ccnc1Sc1ccc(NC(=O)C2CCCNC2)cc1. The second-order valence-corrected chi connectivity index (χ2v) is 6.52. The maximum Gasteiger partial charge on any atom is 0.228 e. The van der Waals surface area contributed by atoms with Crippen LogP contribution >= 0.6 is 24.2 Å². The zero-order chi connectivity index (χ0) is 15.4. The van der Waals surface area contributed by atoms with Crippen LogP contribution in [0.4, 0.5) is 5.69 Å². The Kier molecular flexibility index (Phi) is 6.50. The molecule has 2 heterocycles. The van der Waals surface area contributed by atoms with E-state index in [9.17, 15) is 4.79 Å². The monoisotopic (exact) mass is 352 g/mol. The number of piperidine rings is 1. The number of nitrogens with zero attached hydrogens (tertiary/aromatic N) is 2. The smallest absolute Gasteiger partial charge is 0.228 e. The van der Waals surface area contributed by atoms with Crippen LogP contribution in [0.3, 0.4) is 0 Å². The molecule has 1 amide bonds. The number of amides is 1. The van der Waals surface area contributed by atoms with Crippen molar-refractivity contribution in [3.05, 3.63) is 36.7 Å². The summed E-state index contributed by atoms with van der Waals surface area (Å²) < 4.78 is 1.98. The number of aryl methyl sites for hydroxylation is 1. The van der Waals surface area contributed by atoms with E-state index in [-0.39, 0.29) is 24.2 Å². The quantitative estimate of drug-likeness (QED) is 0.888. The van der Waals surface area contributed by atoms with Gasteiger partial charge in [0.1, 0.15) is 0 Å². The number of imidazole rings is 1. The summed E-state index contributed by atoms with van der Waals surface area (Å²) in [6, 6.07) is 7.90. The van der Waals surface area contributed by atoms with E-state index in [1.54, 1.807) is 18.0 Å². The number of anilines is 1. The molecule has 7 heteroatoms. The average Bonchev–Trinajstić information content (AvgIpc) is 2.95. The van der Waals surface area contributed by atoms with Gasteiger partial charge in [-0.05, 0) is 43.7 Å². The van der Waals surface area contributed by atoms with Crippen LogP contribution in [0.25, 0.3) is 0 Å². The molecule has 1 atom stereocenters. The summed E-state index contributed by atoms with van der Waals surface area (Å²) in [6.45, 7) is 1.79. The number of aromatic nitrogens is 2. The maximum absolute atomic E-state index is 12.2. The Morgan fingerprint density at radius 3 is 2.78 bits per heavy atom. The topological polar surface area (TPSA) is 59.0 Å². The van der Waals surface area contributed by atoms with Gasteiger partial charge in [0.15, 0.2) is 5.16 Å². The molecular formula is C16H21ClN4OS. The van der Waals surface area contributed by atoms with Gasteiger partial charge < -0.3 is 15.2 Å². The Labute approximate surface area is 146 Å². The average molecular weight is 353 g/mol. The van der Waals surface area contributed by atoms with Gasteiger partial charge in [0.25, 0.3) is 0 Å². The number of carbonyl (C=O) groups is 1. The molecule has 124 valence electrons. The molecule has 5 nitrogen and oxygen atoms in total. The van der Waals surface area contributed by atoms with Crippen molar-refractivity contribution in [3.8, 4) is 0 Å². The molecule has 0 aliphatic carbocycles. The highest BCUT2D eigenvalue weighted by atomic mass is 35.5. The molecule has 2 N–H and O–H groups in total. The molecule has 1 unspecified atom stereocenters. The first-order valence-corrected chi connectivity index (χ1v) is 8.31. The van der Waals surface area contributed by atoms with Gasteiger partial charge in [0.2, 0.25) is 5.91 Å². The van der Waals surface area contributed by atoms with Crippen molar-refractivity contribution < 1.29 is 4.79 Å². The van der Waals surface area contributed by atoms with Crippen molar-refractivity contribution in [1.29, 1.82) is 0 Å². The van der Waals surface area contributed by atoms with Gasteiger partial charge in [-0.15, -0.1) is 12.4 Å². The van der Waals surface area contributed by atoms with Gasteiger partial charge in [-0.2, -0.15) is 0 Å². The van der Waals surface area contributed by atoms with Gasteiger partial charge in [-0.1, -0.05) is 11.8 Å². The van der Waals surface area contributed by atoms with E-state index in [0.29, 0.717) is 0 Å². The molecule has 1 fully saturated rings. The van der Waals surface area contributed by atoms with Crippen LogP contribution in [0.2, 0.25) is 0 Å². The lowest BCUT2D eigenvalue weighted by Crippen LogP contribution is -2.37. The van der Waals surface area contributed by atoms with E-state index in [4.69, 9.17) is 0 Å². The molecule has 1 aliphatic rings. The number of carbonyl (C=O) groups excluding carboxylic acids is 1. The molecule has 23 heavy (non-hydrogen) atoms. The van der Waals surface area contributed by atoms with Crippen LogP contribution < -0.4 is 10.6 Å². The predicted octanol–water partition coefficient (Wildman–Crippen LogP) is 2.93. The van der Waals surface area contributed by atoms with Gasteiger partial charge >= 0.3 is 0 Å². The van der Waals surface area contributed by atoms with Crippen LogP contribution in [0, 0.1) is 5.92 Å². The summed E-state index contributed by atoms with van der Waals surface area (Å²) in [4.78, 5) is 17.6. The molecule has 0 saturated carbocycles. The van der Waals surface area contributed by atoms with Gasteiger partial charge in [-0.25, -0.2) is 4.98 Å². The van der Waals surface area contributed by atoms with E-state index in [2.05, 4.69) is 15.6 Å². The van der Waals surface area contributed by atoms with E-state index in [0.717, 1.165) is 41.7 Å². The fourth-order valence-corrected chi connectivity index (χ4v) is 3.28. The molecule has 0 bridgehead atoms. The van der Waals surface area contributed by atoms with Crippen molar-refractivity contribution in [2.45, 2.75) is 22.9 Å². The molecular weight excluding hydrogens is 332 g/mol. The molecule has 1 aromatic heterocycles. The summed E-state index contributed by atoms with van der Waals surface area (Å²) in [5, 5.41) is 7.22. The number of benzene rings is 1. The number of halogens is 1. The summed E-state index contributed by atoms with van der Waals surface area (Å²) in [6.07, 6.45) is 5.74. The molecule has 1 saturated heterocycles. The number of nitrogens with one attached hydrogen (secondary N) is 2. The highest BCUT2D eigenvalue weighted by Gasteiger charge is 2.20. The van der Waals surface area contributed by atoms with Crippen LogP contribution in [0.5, 0.6) is 0 Å². The highest BCUT2D eigenvalue weighted by Crippen LogP contribution is 2.27. The largest absolute Gasteiger partial charge is 0.329 e. The molecule has 3 rings (SSSR count). The minimum Gasteiger partial charge on any atom is -0.329 e. The second-order valence-electron chi connectivity index (χ2n) is 5.48. The number of hydrogen-bond acceptors (Lipinski definition) is 4. The molecule has 0 radical (unpaired) electrons. The minimum absolute atomic E-state index is 0. The summed E-state index contributed by atoms with van der Waals surface area (Å²) in [5.74, 6) is 0.187. The lowest BCUT2D eigenvalue weighted by Gasteiger charge is -2.21. The first kappa shape index (κ1) is 17.8. The third-order valence-corrected chi connectivity index (χ3v) is 4.86. The second kappa shape index (κ2) is 8.38. The third-order valence-electron chi connectivity index (χ3n) is 3.78. The maximum atomic E-state index is 12.2. The Morgan fingerprint density at radius 1 is 1.39 bits per heavy atom. The summed E-state index contributed by atoms with van der Waals surface area (Å²) >= 11 is 1.61. The first-order chi connectivity index (χ1) is 10.7. The molecule has 1 aromatic carbocycles. The summed E-state index contributed by atoms with van der Waals surface area (Å²) in [5.41, 5.74) is 0.847. The van der Waals surface area contributed by atoms with E-state index < -0.39 is 0 Å². The fourth-order valence-electron chi connectivity index (χ4n) is 2.48. The zero-order valence-corrected chi connectivity index (χ0v) is 14.6. The number of hydrogen-bond donors (Lipinski definition) is 2. The van der Waals surface area contributed by atoms with Gasteiger partial charge in [0.05, 0.1) is 5.92 Å². The fraction of sp³-hybridized carbons (Fsp3) is 0.375. The van der Waals surface area contributed by atoms with Gasteiger partial charge in [-0.3, -0.25) is 4.79 Å². The highest BCUT2D eigenvalue weighted by molar-refractivity contribution is 7.99. The van der Waals surface area contributed by atoms with Crippen molar-refractivity contribution in [2.24, 2.45) is 13.0 Å². The van der Waals surface area contributed by atoms with Crippen LogP contribution in [-0.2, 0) is 11.8 Å². The van der Waals surface area contributed by atoms with Crippen molar-refractivity contribution >= 4 is 35.8 Å². The summed E-state index contributed by atoms with van der Waals surface area (Å²) in [7, 11) is 1.97. The standard InChI is InChI=1S/C16H20N4OS.ClH/c1-20-10-9-18-16(20)22-14-6-4-13(5-7-14)19-15(21)12-3-2-8-17-11-12;/h4-7,9-10,12,17H,2-3,8,11H2,1H3,(H,19,21);1H. The van der Waals surface area contributed by atoms with Crippen LogP contribution in [0.1, 0.15) is 12.8 Å². The molecule has 1 aliphatic heterocycles. The van der Waals surface area contributed by atoms with Crippen molar-refractivity contribution in [2.75, 3.05) is 18.4 Å². The van der Waals surface area contributed by atoms with Crippen LogP contribution in [-0.4, -0.2) is 28.5 Å². The van der Waals surface area contributed by atoms with E-state index >= 15 is 0 Å². The van der Waals surface area contributed by atoms with Gasteiger partial charge in [0, 0.05) is 36.6 Å². The predicted molar refractivity (Wildman–Crippen MR) is 95.2 cm³/mol. The Morgan fingerprint density at radius 2 is 2.17 bits per heavy atom. The molecule has 0 spiro atoms. The Balaban J connectivity index is 0.00000192. The van der Waals surface area contributed by atoms with Crippen molar-refractivity contribution in [3.63, 3.8) is 0 Å². The third kappa shape index (κ3) is 4.73. The van der Waals surface area contributed by atoms with E-state index in [1.807, 2.05) is 42.1 Å².